The molecule has 0 unspecified atom stereocenters. The number of furan rings is 1. The fraction of sp³-hybridized carbons (Fsp3) is 0.0169. The molecule has 2 aliphatic carbocycles. The van der Waals surface area contributed by atoms with Crippen molar-refractivity contribution in [2.75, 3.05) is 0 Å². The van der Waals surface area contributed by atoms with Gasteiger partial charge in [-0.25, -0.2) is 9.97 Å². The highest BCUT2D eigenvalue weighted by molar-refractivity contribution is 6.23. The highest BCUT2D eigenvalue weighted by Crippen LogP contribution is 2.63. The number of hydrogen-bond donors (Lipinski definition) is 0. The van der Waals surface area contributed by atoms with Crippen LogP contribution in [0.15, 0.2) is 211 Å². The van der Waals surface area contributed by atoms with E-state index < -0.39 is 5.41 Å². The lowest BCUT2D eigenvalue weighted by atomic mass is 9.70. The molecule has 14 rings (SSSR count). The fourth-order valence-electron chi connectivity index (χ4n) is 11.1. The Balaban J connectivity index is 1.07. The zero-order chi connectivity index (χ0) is 40.5. The van der Waals surface area contributed by atoms with Crippen molar-refractivity contribution in [1.82, 2.24) is 9.97 Å². The Morgan fingerprint density at radius 3 is 1.39 bits per heavy atom. The second kappa shape index (κ2) is 12.4. The van der Waals surface area contributed by atoms with Crippen molar-refractivity contribution in [3.05, 3.63) is 229 Å². The average molecular weight is 787 g/mol. The number of benzene rings is 10. The third kappa shape index (κ3) is 4.39. The zero-order valence-corrected chi connectivity index (χ0v) is 33.4. The molecule has 0 amide bonds. The van der Waals surface area contributed by atoms with E-state index in [1.165, 1.54) is 55.3 Å². The van der Waals surface area contributed by atoms with Gasteiger partial charge in [0.15, 0.2) is 0 Å². The summed E-state index contributed by atoms with van der Waals surface area (Å²) in [6, 6.07) is 74.7. The van der Waals surface area contributed by atoms with Crippen LogP contribution >= 0.6 is 0 Å². The van der Waals surface area contributed by atoms with E-state index in [0.29, 0.717) is 0 Å². The quantitative estimate of drug-likeness (QED) is 0.167. The van der Waals surface area contributed by atoms with Crippen molar-refractivity contribution in [2.45, 2.75) is 5.41 Å². The molecular weight excluding hydrogens is 753 g/mol. The third-order valence-corrected chi connectivity index (χ3v) is 13.7. The first kappa shape index (κ1) is 33.7. The van der Waals surface area contributed by atoms with Crippen LogP contribution < -0.4 is 0 Å². The van der Waals surface area contributed by atoms with E-state index in [0.717, 1.165) is 77.4 Å². The zero-order valence-electron chi connectivity index (χ0n) is 33.4. The van der Waals surface area contributed by atoms with Crippen LogP contribution in [0.1, 0.15) is 22.3 Å². The number of hydrogen-bond acceptors (Lipinski definition) is 3. The van der Waals surface area contributed by atoms with Gasteiger partial charge in [0.05, 0.1) is 27.8 Å². The number of nitrogens with zero attached hydrogens (tertiary/aromatic N) is 2. The minimum atomic E-state index is -0.479. The lowest BCUT2D eigenvalue weighted by Gasteiger charge is -2.30. The van der Waals surface area contributed by atoms with Crippen LogP contribution in [-0.2, 0) is 5.41 Å². The normalized spacial score (nSPS) is 13.3. The number of aromatic nitrogens is 2. The molecule has 0 saturated heterocycles. The van der Waals surface area contributed by atoms with Crippen molar-refractivity contribution < 1.29 is 4.42 Å². The summed E-state index contributed by atoms with van der Waals surface area (Å²) in [6.07, 6.45) is 0. The molecule has 2 aromatic heterocycles. The van der Waals surface area contributed by atoms with E-state index in [4.69, 9.17) is 14.4 Å². The summed E-state index contributed by atoms with van der Waals surface area (Å²) in [5.74, 6) is 0. The summed E-state index contributed by atoms with van der Waals surface area (Å²) in [5.41, 5.74) is 19.2. The van der Waals surface area contributed by atoms with Gasteiger partial charge in [0.1, 0.15) is 11.2 Å². The predicted octanol–water partition coefficient (Wildman–Crippen LogP) is 15.2. The summed E-state index contributed by atoms with van der Waals surface area (Å²) in [7, 11) is 0. The summed E-state index contributed by atoms with van der Waals surface area (Å²) >= 11 is 0. The van der Waals surface area contributed by atoms with E-state index in [2.05, 4.69) is 194 Å². The average Bonchev–Trinajstić information content (AvgIpc) is 3.98. The molecule has 2 heterocycles. The molecule has 286 valence electrons. The smallest absolute Gasteiger partial charge is 0.143 e. The lowest BCUT2D eigenvalue weighted by Crippen LogP contribution is -2.25. The van der Waals surface area contributed by atoms with Crippen LogP contribution in [0.3, 0.4) is 0 Å². The fourth-order valence-corrected chi connectivity index (χ4v) is 11.1. The van der Waals surface area contributed by atoms with E-state index in [-0.39, 0.29) is 0 Å². The Morgan fingerprint density at radius 1 is 0.306 bits per heavy atom. The first-order valence-electron chi connectivity index (χ1n) is 21.3. The van der Waals surface area contributed by atoms with Crippen LogP contribution in [0.4, 0.5) is 0 Å². The first-order valence-corrected chi connectivity index (χ1v) is 21.3. The molecule has 0 fully saturated rings. The maximum Gasteiger partial charge on any atom is 0.143 e. The third-order valence-electron chi connectivity index (χ3n) is 13.7. The molecule has 0 bridgehead atoms. The monoisotopic (exact) mass is 786 g/mol. The van der Waals surface area contributed by atoms with Gasteiger partial charge < -0.3 is 4.42 Å². The maximum absolute atomic E-state index is 6.56. The lowest BCUT2D eigenvalue weighted by molar-refractivity contribution is 0.670. The van der Waals surface area contributed by atoms with Crippen molar-refractivity contribution >= 4 is 54.5 Å². The molecule has 1 spiro atoms. The largest absolute Gasteiger partial charge is 0.455 e. The second-order valence-electron chi connectivity index (χ2n) is 16.7. The van der Waals surface area contributed by atoms with E-state index in [9.17, 15) is 0 Å². The summed E-state index contributed by atoms with van der Waals surface area (Å²) in [4.78, 5) is 11.5. The molecule has 10 aromatic carbocycles. The maximum atomic E-state index is 6.56. The van der Waals surface area contributed by atoms with Crippen LogP contribution in [-0.4, -0.2) is 9.97 Å². The molecule has 62 heavy (non-hydrogen) atoms. The Bertz CT molecular complexity index is 3830. The Kier molecular flexibility index (Phi) is 6.76. The van der Waals surface area contributed by atoms with Crippen molar-refractivity contribution in [1.29, 1.82) is 0 Å². The molecule has 0 aliphatic heterocycles. The highest BCUT2D eigenvalue weighted by atomic mass is 16.3. The molecule has 0 radical (unpaired) electrons. The molecule has 0 atom stereocenters. The SMILES string of the molecule is c1cc(-c2nc3c4ccccc4c4ccccc4c3nc2-c2ccc3c(c2)C2(c4ccccc4-c4ccccc42)c2ccccc2-3)cc(-c2cccc3c2oc2ccccc23)c1. The predicted molar refractivity (Wildman–Crippen MR) is 254 cm³/mol. The molecule has 12 aromatic rings. The topological polar surface area (TPSA) is 38.9 Å². The van der Waals surface area contributed by atoms with Crippen LogP contribution in [0.5, 0.6) is 0 Å². The van der Waals surface area contributed by atoms with Gasteiger partial charge in [-0.1, -0.05) is 188 Å². The van der Waals surface area contributed by atoms with Gasteiger partial charge in [0.25, 0.3) is 0 Å². The second-order valence-corrected chi connectivity index (χ2v) is 16.7. The van der Waals surface area contributed by atoms with Gasteiger partial charge in [-0.2, -0.15) is 0 Å². The van der Waals surface area contributed by atoms with Crippen LogP contribution in [0.25, 0.3) is 110 Å². The standard InChI is InChI=1S/C59H34N2O/c1-3-23-46-39(17-1)40-18-2-4-24-47(40)57-56(46)60-54(36-16-13-15-35(33-36)38-25-14-26-48-45-22-8-12-30-53(45)62-58(38)48)55(61-57)37-31-32-44-43-21-7-11-29-51(43)59(52(44)34-37)49-27-9-5-19-41(49)42-20-6-10-28-50(42)59/h1-34H. The van der Waals surface area contributed by atoms with Crippen LogP contribution in [0.2, 0.25) is 0 Å². The first-order chi connectivity index (χ1) is 30.8. The molecule has 2 aliphatic rings. The number of rotatable bonds is 3. The molecule has 0 N–H and O–H groups in total. The summed E-state index contributed by atoms with van der Waals surface area (Å²) < 4.78 is 6.56. The van der Waals surface area contributed by atoms with Gasteiger partial charge in [-0.3, -0.25) is 0 Å². The van der Waals surface area contributed by atoms with Crippen LogP contribution in [0, 0.1) is 0 Å². The van der Waals surface area contributed by atoms with Crippen molar-refractivity contribution in [3.8, 4) is 55.9 Å². The summed E-state index contributed by atoms with van der Waals surface area (Å²) in [6.45, 7) is 0. The van der Waals surface area contributed by atoms with Gasteiger partial charge in [-0.15, -0.1) is 0 Å². The van der Waals surface area contributed by atoms with Crippen molar-refractivity contribution in [3.63, 3.8) is 0 Å². The summed E-state index contributed by atoms with van der Waals surface area (Å²) in [5, 5.41) is 6.75. The van der Waals surface area contributed by atoms with Gasteiger partial charge in [-0.05, 0) is 79.0 Å². The number of fused-ring (bicyclic) bond motifs is 19. The molecule has 3 nitrogen and oxygen atoms in total. The minimum absolute atomic E-state index is 0.479. The Morgan fingerprint density at radius 2 is 0.758 bits per heavy atom. The van der Waals surface area contributed by atoms with Gasteiger partial charge in [0, 0.05) is 38.2 Å². The van der Waals surface area contributed by atoms with E-state index >= 15 is 0 Å². The van der Waals surface area contributed by atoms with Gasteiger partial charge in [0.2, 0.25) is 0 Å². The highest BCUT2D eigenvalue weighted by Gasteiger charge is 2.51. The Hall–Kier alpha value is -8.14. The molecular formula is C59H34N2O. The minimum Gasteiger partial charge on any atom is -0.455 e. The Labute approximate surface area is 357 Å². The molecule has 3 heteroatoms. The molecule has 0 saturated carbocycles. The van der Waals surface area contributed by atoms with E-state index in [1.807, 2.05) is 12.1 Å². The number of para-hydroxylation sites is 2. The van der Waals surface area contributed by atoms with E-state index in [1.54, 1.807) is 0 Å². The van der Waals surface area contributed by atoms with Gasteiger partial charge >= 0.3 is 0 Å². The van der Waals surface area contributed by atoms with Crippen molar-refractivity contribution in [2.24, 2.45) is 0 Å².